The van der Waals surface area contributed by atoms with Gasteiger partial charge in [-0.3, -0.25) is 0 Å². The number of halogens is 6. The minimum Gasteiger partial charge on any atom is -0.222 e. The van der Waals surface area contributed by atoms with E-state index in [1.54, 1.807) is 24.9 Å². The Labute approximate surface area is 527 Å². The van der Waals surface area contributed by atoms with Crippen molar-refractivity contribution in [3.8, 4) is 0 Å². The summed E-state index contributed by atoms with van der Waals surface area (Å²) in [4.78, 5) is 0. The molecule has 0 aliphatic rings. The number of aromatic nitrogens is 12. The summed E-state index contributed by atoms with van der Waals surface area (Å²) in [5.41, 5.74) is 9.25. The standard InChI is InChI=1S/4C9H7ClN4.2C8H10.2ClHO4.2Cu/c4*10-9-3-1-8(2-4-9)5-13-14-6-11-12-7-14;2*1-7-4-3-5-8(2)6-7;2*2-1(3,4)5;;/h4*1-7H;2*3-6H,1-2H3;2*(H,2,3,4,5);;/q;;;;;;;;2*+1/p-2/b4*13-5+;;;;;;. The van der Waals surface area contributed by atoms with E-state index in [9.17, 15) is 0 Å². The van der Waals surface area contributed by atoms with Crippen molar-refractivity contribution in [2.75, 3.05) is 0 Å². The predicted octanol–water partition coefficient (Wildman–Crippen LogP) is 2.34. The fraction of sp³-hybridized carbons (Fsp3) is 0.0769. The molecule has 0 unspecified atom stereocenters. The molecule has 10 rings (SSSR count). The Bertz CT molecular complexity index is 2940. The van der Waals surface area contributed by atoms with E-state index in [1.165, 1.54) is 91.6 Å². The molecule has 24 nitrogen and oxygen atoms in total. The van der Waals surface area contributed by atoms with Crippen LogP contribution in [0.15, 0.2) is 217 Å². The zero-order chi connectivity index (χ0) is 60.2. The molecule has 0 saturated heterocycles. The van der Waals surface area contributed by atoms with E-state index in [0.717, 1.165) is 22.3 Å². The summed E-state index contributed by atoms with van der Waals surface area (Å²) in [6, 6.07) is 46.5. The van der Waals surface area contributed by atoms with Crippen LogP contribution in [-0.4, -0.2) is 84.4 Å². The van der Waals surface area contributed by atoms with Gasteiger partial charge in [0, 0.05) is 20.1 Å². The third kappa shape index (κ3) is 40.3. The summed E-state index contributed by atoms with van der Waals surface area (Å²) >= 11 is 23.0. The summed E-state index contributed by atoms with van der Waals surface area (Å²) in [7, 11) is -9.89. The van der Waals surface area contributed by atoms with Gasteiger partial charge in [-0.1, -0.05) is 166 Å². The molecule has 6 aromatic carbocycles. The maximum Gasteiger partial charge on any atom is 1.00 e. The first-order valence-electron chi connectivity index (χ1n) is 22.8. The second kappa shape index (κ2) is 41.9. The molecular weight excluding hydrogens is 1320 g/mol. The topological polar surface area (TPSA) is 357 Å². The van der Waals surface area contributed by atoms with Gasteiger partial charge in [0.2, 0.25) is 0 Å². The van der Waals surface area contributed by atoms with Gasteiger partial charge in [-0.05, 0) is 98.5 Å². The Morgan fingerprint density at radius 3 is 0.595 bits per heavy atom. The molecule has 0 bridgehead atoms. The van der Waals surface area contributed by atoms with Crippen LogP contribution in [0.25, 0.3) is 0 Å². The summed E-state index contributed by atoms with van der Waals surface area (Å²) < 4.78 is 74.0. The van der Waals surface area contributed by atoms with E-state index < -0.39 is 20.5 Å². The van der Waals surface area contributed by atoms with Gasteiger partial charge in [-0.15, -0.1) is 61.3 Å². The molecule has 0 aliphatic carbocycles. The molecule has 32 heteroatoms. The van der Waals surface area contributed by atoms with Crippen LogP contribution in [0.3, 0.4) is 0 Å². The summed E-state index contributed by atoms with van der Waals surface area (Å²) in [5, 5.41) is 48.2. The van der Waals surface area contributed by atoms with Crippen LogP contribution in [0.2, 0.25) is 20.1 Å². The van der Waals surface area contributed by atoms with Crippen LogP contribution >= 0.6 is 46.4 Å². The van der Waals surface area contributed by atoms with Crippen molar-refractivity contribution in [3.05, 3.63) is 261 Å². The number of hydrogen-bond acceptors (Lipinski definition) is 20. The Morgan fingerprint density at radius 2 is 0.464 bits per heavy atom. The molecule has 0 N–H and O–H groups in total. The number of nitrogens with zero attached hydrogens (tertiary/aromatic N) is 16. The molecule has 4 heterocycles. The Hall–Kier alpha value is -6.98. The van der Waals surface area contributed by atoms with Crippen LogP contribution < -0.4 is 37.3 Å². The molecular formula is C52H48Cl6Cu2N16O8. The second-order valence-corrected chi connectivity index (χ2v) is 18.9. The van der Waals surface area contributed by atoms with Gasteiger partial charge < -0.3 is 0 Å². The third-order valence-corrected chi connectivity index (χ3v) is 9.82. The maximum atomic E-state index is 8.49. The quantitative estimate of drug-likeness (QED) is 0.156. The molecule has 0 atom stereocenters. The average molecular weight is 1360 g/mol. The monoisotopic (exact) mass is 1360 g/mol. The molecule has 0 radical (unpaired) electrons. The minimum absolute atomic E-state index is 0. The van der Waals surface area contributed by atoms with E-state index in [2.05, 4.69) is 137 Å². The Balaban J connectivity index is 0.000000491. The summed E-state index contributed by atoms with van der Waals surface area (Å²) in [6.07, 6.45) is 19.0. The molecule has 4 aromatic heterocycles. The fourth-order valence-electron chi connectivity index (χ4n) is 5.36. The van der Waals surface area contributed by atoms with Crippen molar-refractivity contribution < 1.29 is 91.9 Å². The van der Waals surface area contributed by atoms with Crippen LogP contribution in [-0.2, 0) is 34.1 Å². The molecule has 10 aromatic rings. The average Bonchev–Trinajstić information content (AvgIpc) is 4.32. The second-order valence-electron chi connectivity index (χ2n) is 15.6. The SMILES string of the molecule is Cc1cccc(C)c1.Cc1cccc(C)c1.Clc1ccc(/C=N/n2cnnc2)cc1.Clc1ccc(/C=N/n2cnnc2)cc1.Clc1ccc(/C=N/n2cnnc2)cc1.Clc1ccc(/C=N/n2cnnc2)cc1.[Cu+].[Cu+].[O-][Cl+3]([O-])([O-])[O-].[O-][Cl+3]([O-])([O-])[O-]. The van der Waals surface area contributed by atoms with E-state index in [1.807, 2.05) is 97.1 Å². The number of rotatable bonds is 8. The summed E-state index contributed by atoms with van der Waals surface area (Å²) in [6.45, 7) is 8.42. The Kier molecular flexibility index (Phi) is 37.4. The van der Waals surface area contributed by atoms with Gasteiger partial charge >= 0.3 is 34.1 Å². The van der Waals surface area contributed by atoms with E-state index >= 15 is 0 Å². The first-order chi connectivity index (χ1) is 38.9. The first kappa shape index (κ1) is 75.0. The van der Waals surface area contributed by atoms with Gasteiger partial charge in [-0.2, -0.15) is 20.4 Å². The largest absolute Gasteiger partial charge is 1.00 e. The van der Waals surface area contributed by atoms with Crippen LogP contribution in [0, 0.1) is 48.2 Å². The fourth-order valence-corrected chi connectivity index (χ4v) is 5.87. The number of aryl methyl sites for hydroxylation is 4. The first-order valence-corrected chi connectivity index (χ1v) is 26.8. The van der Waals surface area contributed by atoms with E-state index in [4.69, 9.17) is 83.7 Å². The maximum absolute atomic E-state index is 8.49. The van der Waals surface area contributed by atoms with Crippen LogP contribution in [0.1, 0.15) is 44.5 Å². The van der Waals surface area contributed by atoms with Gasteiger partial charge in [0.15, 0.2) is 0 Å². The number of benzene rings is 6. The molecule has 0 spiro atoms. The van der Waals surface area contributed by atoms with Crippen LogP contribution in [0.4, 0.5) is 0 Å². The van der Waals surface area contributed by atoms with Crippen molar-refractivity contribution >= 4 is 71.3 Å². The van der Waals surface area contributed by atoms with Crippen molar-refractivity contribution in [1.29, 1.82) is 0 Å². The van der Waals surface area contributed by atoms with Crippen molar-refractivity contribution in [2.24, 2.45) is 20.4 Å². The molecule has 84 heavy (non-hydrogen) atoms. The smallest absolute Gasteiger partial charge is 0.222 e. The van der Waals surface area contributed by atoms with E-state index in [-0.39, 0.29) is 34.1 Å². The van der Waals surface area contributed by atoms with Gasteiger partial charge in [-0.25, -0.2) is 56.0 Å². The summed E-state index contributed by atoms with van der Waals surface area (Å²) in [5.74, 6) is 0. The normalized spacial score (nSPS) is 10.5. The molecule has 0 amide bonds. The van der Waals surface area contributed by atoms with Crippen molar-refractivity contribution in [2.45, 2.75) is 27.7 Å². The predicted molar refractivity (Wildman–Crippen MR) is 290 cm³/mol. The minimum atomic E-state index is -4.94. The van der Waals surface area contributed by atoms with Gasteiger partial charge in [0.25, 0.3) is 0 Å². The van der Waals surface area contributed by atoms with Crippen LogP contribution in [0.5, 0.6) is 0 Å². The zero-order valence-corrected chi connectivity index (χ0v) is 50.5. The van der Waals surface area contributed by atoms with Crippen molar-refractivity contribution in [1.82, 2.24) is 59.5 Å². The zero-order valence-electron chi connectivity index (χ0n) is 44.1. The van der Waals surface area contributed by atoms with E-state index in [0.29, 0.717) is 20.1 Å². The van der Waals surface area contributed by atoms with Crippen molar-refractivity contribution in [3.63, 3.8) is 0 Å². The van der Waals surface area contributed by atoms with Gasteiger partial charge in [0.05, 0.1) is 24.9 Å². The third-order valence-electron chi connectivity index (χ3n) is 8.81. The molecule has 0 saturated carbocycles. The molecule has 448 valence electrons. The van der Waals surface area contributed by atoms with Gasteiger partial charge in [0.1, 0.15) is 50.6 Å². The Morgan fingerprint density at radius 1 is 0.310 bits per heavy atom. The molecule has 0 aliphatic heterocycles. The number of hydrogen-bond donors (Lipinski definition) is 0. The molecule has 0 fully saturated rings.